The topological polar surface area (TPSA) is 71.1 Å². The van der Waals surface area contributed by atoms with E-state index in [0.717, 1.165) is 16.8 Å². The normalized spacial score (nSPS) is 16.7. The van der Waals surface area contributed by atoms with Crippen molar-refractivity contribution in [1.82, 2.24) is 5.48 Å². The van der Waals surface area contributed by atoms with Crippen LogP contribution in [0, 0.1) is 5.41 Å². The van der Waals surface area contributed by atoms with E-state index in [2.05, 4.69) is 5.48 Å². The van der Waals surface area contributed by atoms with Crippen LogP contribution in [-0.2, 0) is 4.84 Å². The molecule has 1 rings (SSSR count). The van der Waals surface area contributed by atoms with Gasteiger partial charge in [0.15, 0.2) is 5.17 Å². The molecule has 0 saturated heterocycles. The zero-order valence-electron chi connectivity index (χ0n) is 4.68. The van der Waals surface area contributed by atoms with Crippen molar-refractivity contribution in [3.63, 3.8) is 0 Å². The molecule has 0 radical (unpaired) electrons. The Balaban J connectivity index is 2.35. The van der Waals surface area contributed by atoms with Gasteiger partial charge in [0.05, 0.1) is 11.6 Å². The van der Waals surface area contributed by atoms with Gasteiger partial charge in [-0.2, -0.15) is 0 Å². The summed E-state index contributed by atoms with van der Waals surface area (Å²) >= 11 is 1.15. The third kappa shape index (κ3) is 1.95. The molecule has 0 spiro atoms. The van der Waals surface area contributed by atoms with Crippen molar-refractivity contribution in [3.05, 3.63) is 11.1 Å². The van der Waals surface area contributed by atoms with Crippen molar-refractivity contribution in [2.24, 2.45) is 5.73 Å². The minimum absolute atomic E-state index is 0.0688. The van der Waals surface area contributed by atoms with Crippen LogP contribution in [0.5, 0.6) is 0 Å². The number of nitrogens with two attached hydrogens (primary N) is 1. The van der Waals surface area contributed by atoms with Crippen LogP contribution >= 0.6 is 11.8 Å². The smallest absolute Gasteiger partial charge is 0.157 e. The van der Waals surface area contributed by atoms with Gasteiger partial charge < -0.3 is 5.73 Å². The molecule has 0 atom stereocenters. The zero-order chi connectivity index (χ0) is 6.69. The van der Waals surface area contributed by atoms with Crippen LogP contribution in [0.2, 0.25) is 0 Å². The zero-order valence-corrected chi connectivity index (χ0v) is 5.49. The van der Waals surface area contributed by atoms with Gasteiger partial charge in [0.2, 0.25) is 0 Å². The number of rotatable bonds is 1. The summed E-state index contributed by atoms with van der Waals surface area (Å²) in [6.45, 7) is 0.551. The molecule has 1 heterocycles. The molecule has 1 aliphatic heterocycles. The molecule has 0 saturated carbocycles. The van der Waals surface area contributed by atoms with Crippen LogP contribution in [0.15, 0.2) is 11.1 Å². The summed E-state index contributed by atoms with van der Waals surface area (Å²) in [5, 5.41) is 7.73. The van der Waals surface area contributed by atoms with E-state index in [9.17, 15) is 0 Å². The van der Waals surface area contributed by atoms with Crippen LogP contribution in [0.4, 0.5) is 0 Å². The lowest BCUT2D eigenvalue weighted by Gasteiger charge is -1.97. The quantitative estimate of drug-likeness (QED) is 0.358. The predicted molar refractivity (Wildman–Crippen MR) is 36.7 cm³/mol. The second kappa shape index (κ2) is 2.75. The van der Waals surface area contributed by atoms with Crippen LogP contribution in [0.1, 0.15) is 0 Å². The maximum absolute atomic E-state index is 6.86. The van der Waals surface area contributed by atoms with Crippen LogP contribution in [-0.4, -0.2) is 11.8 Å². The Labute approximate surface area is 56.9 Å². The summed E-state index contributed by atoms with van der Waals surface area (Å²) in [7, 11) is 0. The Bertz CT molecular complexity index is 156. The molecular formula is C4H7N3OS. The first-order valence-electron chi connectivity index (χ1n) is 2.39. The molecule has 0 bridgehead atoms. The second-order valence-electron chi connectivity index (χ2n) is 1.45. The molecule has 0 fully saturated rings. The van der Waals surface area contributed by atoms with E-state index in [1.165, 1.54) is 0 Å². The van der Waals surface area contributed by atoms with E-state index < -0.39 is 0 Å². The van der Waals surface area contributed by atoms with Gasteiger partial charge >= 0.3 is 0 Å². The Kier molecular flexibility index (Phi) is 1.96. The maximum Gasteiger partial charge on any atom is 0.157 e. The van der Waals surface area contributed by atoms with E-state index >= 15 is 0 Å². The van der Waals surface area contributed by atoms with E-state index in [0.29, 0.717) is 6.61 Å². The maximum atomic E-state index is 6.86. The highest BCUT2D eigenvalue weighted by Gasteiger charge is 2.04. The minimum atomic E-state index is 0.0688. The number of thioether (sulfide) groups is 1. The molecule has 9 heavy (non-hydrogen) atoms. The van der Waals surface area contributed by atoms with Crippen molar-refractivity contribution in [3.8, 4) is 0 Å². The molecule has 0 amide bonds. The molecule has 4 nitrogen and oxygen atoms in total. The van der Waals surface area contributed by atoms with E-state index in [-0.39, 0.29) is 5.17 Å². The lowest BCUT2D eigenvalue weighted by Crippen LogP contribution is -2.09. The highest BCUT2D eigenvalue weighted by atomic mass is 32.2. The Morgan fingerprint density at radius 2 is 2.78 bits per heavy atom. The average molecular weight is 145 g/mol. The van der Waals surface area contributed by atoms with E-state index in [1.807, 2.05) is 6.08 Å². The molecular weight excluding hydrogens is 138 g/mol. The van der Waals surface area contributed by atoms with Gasteiger partial charge in [-0.05, 0) is 17.8 Å². The molecule has 0 unspecified atom stereocenters. The Morgan fingerprint density at radius 3 is 3.22 bits per heavy atom. The number of hydroxylamine groups is 1. The molecule has 50 valence electrons. The van der Waals surface area contributed by atoms with Crippen LogP contribution < -0.4 is 11.2 Å². The molecule has 0 aliphatic carbocycles. The molecule has 5 heteroatoms. The van der Waals surface area contributed by atoms with Gasteiger partial charge in [-0.25, -0.2) is 0 Å². The third-order valence-corrected chi connectivity index (χ3v) is 1.43. The molecule has 0 aromatic carbocycles. The number of amidine groups is 1. The fraction of sp³-hybridized carbons (Fsp3) is 0.250. The number of hydrogen-bond acceptors (Lipinski definition) is 4. The minimum Gasteiger partial charge on any atom is -0.378 e. The van der Waals surface area contributed by atoms with Gasteiger partial charge in [-0.15, -0.1) is 0 Å². The number of hydrogen-bond donors (Lipinski definition) is 3. The predicted octanol–water partition coefficient (Wildman–Crippen LogP) is -0.0107. The van der Waals surface area contributed by atoms with Crippen molar-refractivity contribution < 1.29 is 4.84 Å². The van der Waals surface area contributed by atoms with Gasteiger partial charge in [0, 0.05) is 0 Å². The standard InChI is InChI=1S/C4H7N3OS/c5-4(6)9-3-1-2-8-7-3/h1,7H,2H2,(H3,5,6). The van der Waals surface area contributed by atoms with Gasteiger partial charge in [0.1, 0.15) is 0 Å². The largest absolute Gasteiger partial charge is 0.378 e. The first-order valence-corrected chi connectivity index (χ1v) is 3.20. The highest BCUT2D eigenvalue weighted by molar-refractivity contribution is 8.16. The van der Waals surface area contributed by atoms with E-state index in [4.69, 9.17) is 16.0 Å². The lowest BCUT2D eigenvalue weighted by atomic mass is 10.7. The molecule has 0 aromatic rings. The summed E-state index contributed by atoms with van der Waals surface area (Å²) < 4.78 is 0. The first-order chi connectivity index (χ1) is 4.29. The van der Waals surface area contributed by atoms with Gasteiger partial charge in [0.25, 0.3) is 0 Å². The summed E-state index contributed by atoms with van der Waals surface area (Å²) in [5.41, 5.74) is 7.67. The first kappa shape index (κ1) is 6.44. The van der Waals surface area contributed by atoms with Crippen molar-refractivity contribution in [2.45, 2.75) is 0 Å². The van der Waals surface area contributed by atoms with Gasteiger partial charge in [-0.3, -0.25) is 15.7 Å². The lowest BCUT2D eigenvalue weighted by molar-refractivity contribution is 0.113. The summed E-state index contributed by atoms with van der Waals surface area (Å²) in [6.07, 6.45) is 1.83. The molecule has 4 N–H and O–H groups in total. The van der Waals surface area contributed by atoms with Crippen molar-refractivity contribution in [2.75, 3.05) is 6.61 Å². The Morgan fingerprint density at radius 1 is 2.00 bits per heavy atom. The average Bonchev–Trinajstić information content (AvgIpc) is 2.15. The van der Waals surface area contributed by atoms with Crippen molar-refractivity contribution >= 4 is 16.9 Å². The molecule has 0 aromatic heterocycles. The van der Waals surface area contributed by atoms with E-state index in [1.54, 1.807) is 0 Å². The monoisotopic (exact) mass is 145 g/mol. The van der Waals surface area contributed by atoms with Gasteiger partial charge in [-0.1, -0.05) is 0 Å². The SMILES string of the molecule is N=C(N)SC1=CCON1. The van der Waals surface area contributed by atoms with Crippen LogP contribution in [0.3, 0.4) is 0 Å². The van der Waals surface area contributed by atoms with Crippen LogP contribution in [0.25, 0.3) is 0 Å². The summed E-state index contributed by atoms with van der Waals surface area (Å²) in [4.78, 5) is 4.74. The third-order valence-electron chi connectivity index (χ3n) is 0.745. The van der Waals surface area contributed by atoms with Crippen molar-refractivity contribution in [1.29, 1.82) is 5.41 Å². The second-order valence-corrected chi connectivity index (χ2v) is 2.53. The number of nitrogens with one attached hydrogen (secondary N) is 2. The summed E-state index contributed by atoms with van der Waals surface area (Å²) in [5.74, 6) is 0. The fourth-order valence-corrected chi connectivity index (χ4v) is 0.942. The Hall–Kier alpha value is -0.680. The molecule has 1 aliphatic rings. The summed E-state index contributed by atoms with van der Waals surface area (Å²) in [6, 6.07) is 0. The fourth-order valence-electron chi connectivity index (χ4n) is 0.453. The highest BCUT2D eigenvalue weighted by Crippen LogP contribution is 2.13.